The largest absolute Gasteiger partial charge is 0.482 e. The average molecular weight is 436 g/mol. The van der Waals surface area contributed by atoms with Crippen LogP contribution >= 0.6 is 0 Å². The maximum atomic E-state index is 12.8. The molecule has 4 rings (SSSR count). The Hall–Kier alpha value is -4.14. The lowest BCUT2D eigenvalue weighted by molar-refractivity contribution is -0.149. The lowest BCUT2D eigenvalue weighted by Gasteiger charge is -2.27. The quantitative estimate of drug-likeness (QED) is 0.483. The summed E-state index contributed by atoms with van der Waals surface area (Å²) in [7, 11) is 0. The molecule has 0 aliphatic carbocycles. The Balaban J connectivity index is 1.37. The van der Waals surface area contributed by atoms with Crippen molar-refractivity contribution in [3.63, 3.8) is 0 Å². The highest BCUT2D eigenvalue weighted by molar-refractivity contribution is 6.05. The Kier molecular flexibility index (Phi) is 5.89. The number of fused-ring (bicyclic) bond motifs is 2. The molecule has 3 aromatic rings. The molecule has 9 heteroatoms. The number of amides is 2. The van der Waals surface area contributed by atoms with Gasteiger partial charge in [0.15, 0.2) is 13.2 Å². The van der Waals surface area contributed by atoms with Gasteiger partial charge < -0.3 is 24.1 Å². The molecule has 0 bridgehead atoms. The first-order chi connectivity index (χ1) is 15.4. The molecule has 32 heavy (non-hydrogen) atoms. The van der Waals surface area contributed by atoms with Crippen molar-refractivity contribution in [2.24, 2.45) is 0 Å². The third-order valence-electron chi connectivity index (χ3n) is 4.94. The van der Waals surface area contributed by atoms with Gasteiger partial charge in [0.1, 0.15) is 11.3 Å². The summed E-state index contributed by atoms with van der Waals surface area (Å²) in [5, 5.41) is 3.48. The SMILES string of the molecule is CC1CC(=O)Nc2ccccc2N1C(=O)COC(=O)COc1ccc2ccc(=O)oc2c1. The second-order valence-electron chi connectivity index (χ2n) is 7.29. The van der Waals surface area contributed by atoms with Crippen LogP contribution in [0.15, 0.2) is 63.8 Å². The molecule has 164 valence electrons. The van der Waals surface area contributed by atoms with Crippen molar-refractivity contribution in [3.8, 4) is 5.75 Å². The maximum Gasteiger partial charge on any atom is 0.344 e. The molecule has 1 aromatic heterocycles. The Bertz CT molecular complexity index is 1250. The fraction of sp³-hybridized carbons (Fsp3) is 0.217. The van der Waals surface area contributed by atoms with Crippen LogP contribution < -0.4 is 20.6 Å². The minimum atomic E-state index is -0.738. The molecule has 9 nitrogen and oxygen atoms in total. The number of hydrogen-bond donors (Lipinski definition) is 1. The number of esters is 1. The third-order valence-corrected chi connectivity index (χ3v) is 4.94. The molecule has 0 radical (unpaired) electrons. The van der Waals surface area contributed by atoms with Gasteiger partial charge in [-0.15, -0.1) is 0 Å². The van der Waals surface area contributed by atoms with Crippen molar-refractivity contribution in [2.45, 2.75) is 19.4 Å². The molecule has 2 heterocycles. The molecule has 1 unspecified atom stereocenters. The van der Waals surface area contributed by atoms with Gasteiger partial charge in [0.05, 0.1) is 11.4 Å². The molecular formula is C23H20N2O7. The van der Waals surface area contributed by atoms with Crippen molar-refractivity contribution in [2.75, 3.05) is 23.4 Å². The van der Waals surface area contributed by atoms with Gasteiger partial charge in [-0.25, -0.2) is 9.59 Å². The van der Waals surface area contributed by atoms with Crippen LogP contribution in [0.2, 0.25) is 0 Å². The van der Waals surface area contributed by atoms with Crippen LogP contribution in [0.25, 0.3) is 11.0 Å². The molecule has 0 saturated heterocycles. The fourth-order valence-corrected chi connectivity index (χ4v) is 3.49. The second kappa shape index (κ2) is 8.93. The molecule has 2 amide bonds. The van der Waals surface area contributed by atoms with Gasteiger partial charge in [-0.3, -0.25) is 9.59 Å². The standard InChI is InChI=1S/C23H20N2O7/c1-14-10-20(26)24-17-4-2-3-5-18(17)25(14)21(27)12-31-23(29)13-30-16-8-6-15-7-9-22(28)32-19(15)11-16/h2-9,11,14H,10,12-13H2,1H3,(H,24,26). The molecule has 0 saturated carbocycles. The van der Waals surface area contributed by atoms with E-state index >= 15 is 0 Å². The van der Waals surface area contributed by atoms with Crippen LogP contribution in [0.5, 0.6) is 5.75 Å². The Labute approximate surface area is 182 Å². The molecule has 1 aliphatic heterocycles. The minimum absolute atomic E-state index is 0.121. The normalized spacial score (nSPS) is 15.5. The fourth-order valence-electron chi connectivity index (χ4n) is 3.49. The van der Waals surface area contributed by atoms with Crippen molar-refractivity contribution in [1.29, 1.82) is 0 Å². The average Bonchev–Trinajstić information content (AvgIpc) is 2.89. The summed E-state index contributed by atoms with van der Waals surface area (Å²) in [6.07, 6.45) is 0.121. The number of para-hydroxylation sites is 2. The summed E-state index contributed by atoms with van der Waals surface area (Å²) in [6.45, 7) is 0.826. The number of hydrogen-bond acceptors (Lipinski definition) is 7. The predicted octanol–water partition coefficient (Wildman–Crippen LogP) is 2.48. The van der Waals surface area contributed by atoms with Crippen LogP contribution in [0.3, 0.4) is 0 Å². The van der Waals surface area contributed by atoms with Gasteiger partial charge in [-0.2, -0.15) is 0 Å². The van der Waals surface area contributed by atoms with E-state index in [0.717, 1.165) is 0 Å². The zero-order valence-corrected chi connectivity index (χ0v) is 17.2. The number of nitrogens with one attached hydrogen (secondary N) is 1. The van der Waals surface area contributed by atoms with E-state index in [4.69, 9.17) is 13.9 Å². The van der Waals surface area contributed by atoms with Gasteiger partial charge in [0, 0.05) is 30.0 Å². The Morgan fingerprint density at radius 3 is 2.72 bits per heavy atom. The van der Waals surface area contributed by atoms with Gasteiger partial charge >= 0.3 is 11.6 Å². The minimum Gasteiger partial charge on any atom is -0.482 e. The summed E-state index contributed by atoms with van der Waals surface area (Å²) in [4.78, 5) is 49.8. The summed E-state index contributed by atoms with van der Waals surface area (Å²) in [5.74, 6) is -1.08. The molecule has 1 N–H and O–H groups in total. The number of anilines is 2. The topological polar surface area (TPSA) is 115 Å². The number of carbonyl (C=O) groups excluding carboxylic acids is 3. The first kappa shape index (κ1) is 21.1. The van der Waals surface area contributed by atoms with E-state index in [0.29, 0.717) is 28.1 Å². The zero-order valence-electron chi connectivity index (χ0n) is 17.2. The van der Waals surface area contributed by atoms with Gasteiger partial charge in [0.25, 0.3) is 5.91 Å². The molecule has 0 fully saturated rings. The van der Waals surface area contributed by atoms with Crippen molar-refractivity contribution in [3.05, 3.63) is 65.0 Å². The van der Waals surface area contributed by atoms with E-state index in [1.165, 1.54) is 17.0 Å². The van der Waals surface area contributed by atoms with Crippen LogP contribution in [-0.4, -0.2) is 37.0 Å². The third kappa shape index (κ3) is 4.61. The lowest BCUT2D eigenvalue weighted by Crippen LogP contribution is -2.41. The molecular weight excluding hydrogens is 416 g/mol. The van der Waals surface area contributed by atoms with E-state index in [1.807, 2.05) is 0 Å². The van der Waals surface area contributed by atoms with Crippen molar-refractivity contribution < 1.29 is 28.3 Å². The van der Waals surface area contributed by atoms with E-state index in [1.54, 1.807) is 49.4 Å². The van der Waals surface area contributed by atoms with Crippen LogP contribution in [0.4, 0.5) is 11.4 Å². The van der Waals surface area contributed by atoms with Crippen LogP contribution in [0, 0.1) is 0 Å². The first-order valence-corrected chi connectivity index (χ1v) is 9.94. The second-order valence-corrected chi connectivity index (χ2v) is 7.29. The molecule has 2 aromatic carbocycles. The first-order valence-electron chi connectivity index (χ1n) is 9.94. The highest BCUT2D eigenvalue weighted by atomic mass is 16.6. The number of benzene rings is 2. The Morgan fingerprint density at radius 1 is 1.09 bits per heavy atom. The summed E-state index contributed by atoms with van der Waals surface area (Å²) in [6, 6.07) is 14.3. The predicted molar refractivity (Wildman–Crippen MR) is 116 cm³/mol. The van der Waals surface area contributed by atoms with Crippen LogP contribution in [0.1, 0.15) is 13.3 Å². The van der Waals surface area contributed by atoms with Gasteiger partial charge in [-0.1, -0.05) is 12.1 Å². The molecule has 0 spiro atoms. The number of ether oxygens (including phenoxy) is 2. The van der Waals surface area contributed by atoms with Gasteiger partial charge in [-0.05, 0) is 37.3 Å². The Morgan fingerprint density at radius 2 is 1.88 bits per heavy atom. The number of rotatable bonds is 5. The van der Waals surface area contributed by atoms with E-state index in [-0.39, 0.29) is 12.3 Å². The highest BCUT2D eigenvalue weighted by Gasteiger charge is 2.30. The van der Waals surface area contributed by atoms with E-state index < -0.39 is 36.8 Å². The number of nitrogens with zero attached hydrogens (tertiary/aromatic N) is 1. The van der Waals surface area contributed by atoms with Gasteiger partial charge in [0.2, 0.25) is 5.91 Å². The smallest absolute Gasteiger partial charge is 0.344 e. The van der Waals surface area contributed by atoms with Crippen LogP contribution in [-0.2, 0) is 19.1 Å². The molecule has 1 atom stereocenters. The summed E-state index contributed by atoms with van der Waals surface area (Å²) >= 11 is 0. The van der Waals surface area contributed by atoms with E-state index in [9.17, 15) is 19.2 Å². The number of carbonyl (C=O) groups is 3. The van der Waals surface area contributed by atoms with E-state index in [2.05, 4.69) is 5.32 Å². The maximum absolute atomic E-state index is 12.8. The molecule has 1 aliphatic rings. The van der Waals surface area contributed by atoms with Crippen molar-refractivity contribution >= 4 is 40.1 Å². The monoisotopic (exact) mass is 436 g/mol. The lowest BCUT2D eigenvalue weighted by atomic mass is 10.1. The summed E-state index contributed by atoms with van der Waals surface area (Å²) < 4.78 is 15.6. The highest BCUT2D eigenvalue weighted by Crippen LogP contribution is 2.31. The van der Waals surface area contributed by atoms with Crippen molar-refractivity contribution in [1.82, 2.24) is 0 Å². The zero-order chi connectivity index (χ0) is 22.7. The summed E-state index contributed by atoms with van der Waals surface area (Å²) in [5.41, 5.74) is 0.901.